The molecule has 23 heavy (non-hydrogen) atoms. The summed E-state index contributed by atoms with van der Waals surface area (Å²) < 4.78 is 9.56. The van der Waals surface area contributed by atoms with Crippen LogP contribution in [-0.4, -0.2) is 21.2 Å². The molecule has 0 aromatic carbocycles. The Morgan fingerprint density at radius 2 is 1.87 bits per heavy atom. The van der Waals surface area contributed by atoms with Crippen LogP contribution in [0.3, 0.4) is 0 Å². The van der Waals surface area contributed by atoms with Gasteiger partial charge in [0.25, 0.3) is 5.56 Å². The summed E-state index contributed by atoms with van der Waals surface area (Å²) in [6, 6.07) is 4.91. The quantitative estimate of drug-likeness (QED) is 0.477. The third kappa shape index (κ3) is 4.45. The van der Waals surface area contributed by atoms with Crippen molar-refractivity contribution in [2.24, 2.45) is 0 Å². The average molecular weight is 404 g/mol. The van der Waals surface area contributed by atoms with Gasteiger partial charge < -0.3 is 10.1 Å². The molecule has 0 aliphatic rings. The number of nitrogens with zero attached hydrogens (tertiary/aromatic N) is 3. The van der Waals surface area contributed by atoms with Crippen molar-refractivity contribution in [3.05, 3.63) is 39.9 Å². The van der Waals surface area contributed by atoms with Crippen LogP contribution in [0.2, 0.25) is 0 Å². The summed E-state index contributed by atoms with van der Waals surface area (Å²) in [6.07, 6.45) is 1.65. The van der Waals surface area contributed by atoms with Crippen LogP contribution in [0.1, 0.15) is 31.3 Å². The van der Waals surface area contributed by atoms with Crippen LogP contribution in [-0.2, 0) is 26.6 Å². The zero-order valence-corrected chi connectivity index (χ0v) is 14.8. The molecule has 0 bridgehead atoms. The molecule has 0 fully saturated rings. The number of aromatic nitrogens is 3. The van der Waals surface area contributed by atoms with E-state index in [1.807, 2.05) is 20.8 Å². The van der Waals surface area contributed by atoms with Crippen LogP contribution in [0.5, 0.6) is 0 Å². The van der Waals surface area contributed by atoms with Crippen molar-refractivity contribution >= 4 is 12.1 Å². The molecule has 7 nitrogen and oxygen atoms in total. The van der Waals surface area contributed by atoms with Crippen molar-refractivity contribution in [1.82, 2.24) is 14.8 Å². The Kier molecular flexibility index (Phi) is 7.03. The molecule has 0 atom stereocenters. The molecule has 2 heterocycles. The number of pyridine rings is 1. The van der Waals surface area contributed by atoms with Gasteiger partial charge in [0.1, 0.15) is 0 Å². The van der Waals surface area contributed by atoms with Crippen LogP contribution < -0.4 is 10.9 Å². The number of anilines is 1. The molecule has 0 radical (unpaired) electrons. The Balaban J connectivity index is 0.00000127. The van der Waals surface area contributed by atoms with Crippen molar-refractivity contribution in [2.75, 3.05) is 5.32 Å². The van der Waals surface area contributed by atoms with Crippen molar-refractivity contribution in [2.45, 2.75) is 33.7 Å². The van der Waals surface area contributed by atoms with Gasteiger partial charge in [0.2, 0.25) is 0 Å². The van der Waals surface area contributed by atoms with Gasteiger partial charge in [-0.1, -0.05) is 5.69 Å². The Hall–Kier alpha value is -2.08. The molecule has 2 aromatic rings. The fourth-order valence-electron chi connectivity index (χ4n) is 2.10. The van der Waals surface area contributed by atoms with Crippen molar-refractivity contribution < 1.29 is 26.6 Å². The van der Waals surface area contributed by atoms with Gasteiger partial charge in [-0.25, -0.2) is 4.68 Å². The molecule has 1 amide bonds. The molecule has 0 aliphatic heterocycles. The predicted molar refractivity (Wildman–Crippen MR) is 81.6 cm³/mol. The fourth-order valence-corrected chi connectivity index (χ4v) is 2.10. The maximum absolute atomic E-state index is 11.8. The first-order chi connectivity index (χ1) is 10.9. The number of hydrogen-bond donors (Lipinski definition) is 1. The normalized spacial score (nSPS) is 10.0. The van der Waals surface area contributed by atoms with E-state index in [0.717, 1.165) is 11.3 Å². The van der Waals surface area contributed by atoms with E-state index in [1.54, 1.807) is 25.5 Å². The number of nitrogens with one attached hydrogen (secondary N) is 1. The second-order valence-electron chi connectivity index (χ2n) is 5.08. The minimum absolute atomic E-state index is 0.0305. The zero-order chi connectivity index (χ0) is 17.6. The first kappa shape index (κ1) is 19.0. The first-order valence-corrected chi connectivity index (χ1v) is 7.46. The fraction of sp³-hybridized carbons (Fsp3) is 0.333. The number of carbonyl (C=O) groups excluding carboxylic acids is 1. The van der Waals surface area contributed by atoms with Gasteiger partial charge in [-0.2, -0.15) is 5.10 Å². The van der Waals surface area contributed by atoms with Gasteiger partial charge in [-0.15, -0.1) is 6.07 Å². The van der Waals surface area contributed by atoms with E-state index in [9.17, 15) is 9.59 Å². The van der Waals surface area contributed by atoms with Gasteiger partial charge in [-0.05, 0) is 39.5 Å². The van der Waals surface area contributed by atoms with E-state index < -0.39 is 0 Å². The third-order valence-electron chi connectivity index (χ3n) is 3.18. The van der Waals surface area contributed by atoms with Gasteiger partial charge in [-0.3, -0.25) is 9.78 Å². The summed E-state index contributed by atoms with van der Waals surface area (Å²) in [6.45, 7) is 7.46. The first-order valence-electron chi connectivity index (χ1n) is 6.79. The molecule has 0 aliphatic carbocycles. The monoisotopic (exact) mass is 404 g/mol. The van der Waals surface area contributed by atoms with Crippen LogP contribution in [0.4, 0.5) is 5.69 Å². The molecule has 8 heteroatoms. The van der Waals surface area contributed by atoms with Gasteiger partial charge in [0.15, 0.2) is 0 Å². The van der Waals surface area contributed by atoms with Crippen molar-refractivity contribution in [1.29, 1.82) is 0 Å². The summed E-state index contributed by atoms with van der Waals surface area (Å²) in [5.41, 5.74) is 3.33. The Labute approximate surface area is 144 Å². The predicted octanol–water partition coefficient (Wildman–Crippen LogP) is 1.86. The van der Waals surface area contributed by atoms with Crippen LogP contribution in [0.15, 0.2) is 23.0 Å². The van der Waals surface area contributed by atoms with Crippen LogP contribution in [0.25, 0.3) is 11.3 Å². The summed E-state index contributed by atoms with van der Waals surface area (Å²) >= 11 is 1.30. The molecule has 125 valence electrons. The van der Waals surface area contributed by atoms with Crippen molar-refractivity contribution in [3.8, 4) is 11.3 Å². The number of aryl methyl sites for hydroxylation is 2. The van der Waals surface area contributed by atoms with E-state index >= 15 is 0 Å². The summed E-state index contributed by atoms with van der Waals surface area (Å²) in [7, 11) is 0. The minimum atomic E-state index is -0.147. The van der Waals surface area contributed by atoms with E-state index in [0.29, 0.717) is 17.1 Å². The molecule has 0 saturated heterocycles. The second-order valence-corrected chi connectivity index (χ2v) is 5.08. The standard InChI is InChI=1S/C15H17N4O2.O.Rh/c1-9(2)19-15(21)6-5-13(18-19)12-7-14(16-8-20)11(4)17-10(12)3;;/h5-7,9H,1-4H3,(H,16,20);;/q-1;;. The molecular weight excluding hydrogens is 387 g/mol. The van der Waals surface area contributed by atoms with Gasteiger partial charge in [0, 0.05) is 17.3 Å². The molecular formula is C15H17N4O3Rh-. The number of rotatable bonds is 4. The molecule has 0 saturated carbocycles. The molecule has 1 N–H and O–H groups in total. The SMILES string of the molecule is Cc1nc(C)c(-c2ccc(=O)n(C(C)C)n2)cc1N[C-]=O.[O]=[Rh]. The molecule has 2 aromatic heterocycles. The summed E-state index contributed by atoms with van der Waals surface area (Å²) in [5.74, 6) is 0. The van der Waals surface area contributed by atoms with E-state index in [-0.39, 0.29) is 11.6 Å². The number of amides is 1. The van der Waals surface area contributed by atoms with Gasteiger partial charge in [0.05, 0.1) is 18.1 Å². The maximum atomic E-state index is 11.8. The Morgan fingerprint density at radius 3 is 2.43 bits per heavy atom. The summed E-state index contributed by atoms with van der Waals surface area (Å²) in [5, 5.41) is 6.87. The van der Waals surface area contributed by atoms with Crippen molar-refractivity contribution in [3.63, 3.8) is 0 Å². The Bertz CT molecular complexity index is 759. The topological polar surface area (TPSA) is 93.9 Å². The summed E-state index contributed by atoms with van der Waals surface area (Å²) in [4.78, 5) is 26.7. The zero-order valence-electron chi connectivity index (χ0n) is 13.2. The van der Waals surface area contributed by atoms with Gasteiger partial charge >= 0.3 is 21.8 Å². The molecule has 0 unspecified atom stereocenters. The van der Waals surface area contributed by atoms with E-state index in [4.69, 9.17) is 3.57 Å². The molecule has 0 spiro atoms. The third-order valence-corrected chi connectivity index (χ3v) is 3.18. The van der Waals surface area contributed by atoms with Crippen LogP contribution in [0, 0.1) is 13.8 Å². The number of hydrogen-bond acceptors (Lipinski definition) is 5. The Morgan fingerprint density at radius 1 is 1.22 bits per heavy atom. The molecule has 2 rings (SSSR count). The van der Waals surface area contributed by atoms with E-state index in [2.05, 4.69) is 15.4 Å². The van der Waals surface area contributed by atoms with E-state index in [1.165, 1.54) is 29.0 Å². The second kappa shape index (κ2) is 8.53. The van der Waals surface area contributed by atoms with Crippen LogP contribution >= 0.6 is 0 Å². The average Bonchev–Trinajstić information content (AvgIpc) is 2.52.